The van der Waals surface area contributed by atoms with Crippen LogP contribution in [0.5, 0.6) is 11.5 Å². The summed E-state index contributed by atoms with van der Waals surface area (Å²) in [5.74, 6) is -3.08. The fourth-order valence-electron chi connectivity index (χ4n) is 5.84. The molecule has 12 heteroatoms. The minimum Gasteiger partial charge on any atom is -0.503 e. The Labute approximate surface area is 314 Å². The number of rotatable bonds is 14. The molecule has 0 saturated carbocycles. The first-order valence-electron chi connectivity index (χ1n) is 17.4. The SMILES string of the molecule is COC(=O)CC(C(=O)OC(C)(C)C)=C(O)C(=O)N(CC=Cc1ccccc1)[C@H](C)[C@H](Cc1ccc(C(=O)Nc2ccccc2)o1)c1ccc2c(c1)OCO2. The number of fused-ring (bicyclic) bond motifs is 1. The van der Waals surface area contributed by atoms with E-state index in [0.29, 0.717) is 22.9 Å². The molecule has 54 heavy (non-hydrogen) atoms. The molecule has 0 spiro atoms. The molecule has 0 aliphatic carbocycles. The molecule has 5 rings (SSSR count). The van der Waals surface area contributed by atoms with E-state index in [0.717, 1.165) is 18.2 Å². The molecule has 2 heterocycles. The first kappa shape index (κ1) is 38.9. The van der Waals surface area contributed by atoms with Crippen LogP contribution in [-0.4, -0.2) is 65.8 Å². The molecule has 4 aromatic rings. The summed E-state index contributed by atoms with van der Waals surface area (Å²) >= 11 is 0. The van der Waals surface area contributed by atoms with E-state index < -0.39 is 59.1 Å². The summed E-state index contributed by atoms with van der Waals surface area (Å²) in [5, 5.41) is 14.3. The molecule has 0 unspecified atom stereocenters. The van der Waals surface area contributed by atoms with Crippen LogP contribution in [0.25, 0.3) is 6.08 Å². The average Bonchev–Trinajstić information content (AvgIpc) is 3.83. The number of carbonyl (C=O) groups is 4. The van der Waals surface area contributed by atoms with E-state index in [1.54, 1.807) is 64.1 Å². The first-order valence-corrected chi connectivity index (χ1v) is 17.4. The van der Waals surface area contributed by atoms with Gasteiger partial charge in [0.25, 0.3) is 11.8 Å². The van der Waals surface area contributed by atoms with Gasteiger partial charge in [-0.2, -0.15) is 0 Å². The summed E-state index contributed by atoms with van der Waals surface area (Å²) < 4.78 is 27.5. The Morgan fingerprint density at radius 1 is 0.926 bits per heavy atom. The van der Waals surface area contributed by atoms with Crippen molar-refractivity contribution in [1.82, 2.24) is 4.90 Å². The predicted octanol–water partition coefficient (Wildman–Crippen LogP) is 7.23. The van der Waals surface area contributed by atoms with Gasteiger partial charge < -0.3 is 38.7 Å². The summed E-state index contributed by atoms with van der Waals surface area (Å²) in [6, 6.07) is 26.4. The van der Waals surface area contributed by atoms with Gasteiger partial charge in [0.1, 0.15) is 11.4 Å². The number of methoxy groups -OCH3 is 1. The van der Waals surface area contributed by atoms with Crippen LogP contribution in [0.3, 0.4) is 0 Å². The van der Waals surface area contributed by atoms with Crippen molar-refractivity contribution >= 4 is 35.5 Å². The molecule has 0 saturated heterocycles. The number of nitrogens with one attached hydrogen (secondary N) is 1. The Morgan fingerprint density at radius 2 is 1.61 bits per heavy atom. The van der Waals surface area contributed by atoms with Crippen LogP contribution in [0.4, 0.5) is 5.69 Å². The molecule has 282 valence electrons. The second-order valence-electron chi connectivity index (χ2n) is 13.6. The molecule has 3 aromatic carbocycles. The van der Waals surface area contributed by atoms with Gasteiger partial charge in [0.15, 0.2) is 23.0 Å². The summed E-state index contributed by atoms with van der Waals surface area (Å²) in [4.78, 5) is 54.7. The Hall–Kier alpha value is -6.30. The molecule has 2 atom stereocenters. The van der Waals surface area contributed by atoms with Gasteiger partial charge in [0, 0.05) is 30.6 Å². The third-order valence-electron chi connectivity index (χ3n) is 8.59. The molecule has 1 aromatic heterocycles. The highest BCUT2D eigenvalue weighted by Gasteiger charge is 2.35. The summed E-state index contributed by atoms with van der Waals surface area (Å²) in [7, 11) is 1.14. The maximum absolute atomic E-state index is 14.5. The molecule has 0 radical (unpaired) electrons. The Morgan fingerprint density at radius 3 is 2.30 bits per heavy atom. The minimum atomic E-state index is -1.03. The average molecular weight is 737 g/mol. The number of aliphatic hydroxyl groups is 1. The fraction of sp³-hybridized carbons (Fsp3) is 0.286. The van der Waals surface area contributed by atoms with E-state index in [1.807, 2.05) is 66.7 Å². The number of benzene rings is 3. The number of para-hydroxylation sites is 1. The van der Waals surface area contributed by atoms with Crippen molar-refractivity contribution in [3.8, 4) is 11.5 Å². The maximum atomic E-state index is 14.5. The maximum Gasteiger partial charge on any atom is 0.339 e. The lowest BCUT2D eigenvalue weighted by Crippen LogP contribution is -2.44. The number of esters is 2. The minimum absolute atomic E-state index is 0.0112. The Bertz CT molecular complexity index is 2010. The highest BCUT2D eigenvalue weighted by molar-refractivity contribution is 6.04. The van der Waals surface area contributed by atoms with Gasteiger partial charge in [-0.1, -0.05) is 66.7 Å². The Kier molecular flexibility index (Phi) is 12.6. The largest absolute Gasteiger partial charge is 0.503 e. The van der Waals surface area contributed by atoms with Gasteiger partial charge >= 0.3 is 11.9 Å². The zero-order valence-corrected chi connectivity index (χ0v) is 30.9. The zero-order valence-electron chi connectivity index (χ0n) is 30.9. The van der Waals surface area contributed by atoms with Gasteiger partial charge in [-0.15, -0.1) is 0 Å². The van der Waals surface area contributed by atoms with Crippen molar-refractivity contribution in [2.24, 2.45) is 0 Å². The van der Waals surface area contributed by atoms with Gasteiger partial charge in [-0.3, -0.25) is 14.4 Å². The van der Waals surface area contributed by atoms with Crippen molar-refractivity contribution in [3.05, 3.63) is 131 Å². The summed E-state index contributed by atoms with van der Waals surface area (Å²) in [5.41, 5.74) is 0.703. The van der Waals surface area contributed by atoms with E-state index in [-0.39, 0.29) is 25.5 Å². The number of furan rings is 1. The van der Waals surface area contributed by atoms with E-state index >= 15 is 0 Å². The number of amides is 2. The monoisotopic (exact) mass is 736 g/mol. The molecule has 0 fully saturated rings. The number of aliphatic hydroxyl groups excluding tert-OH is 1. The van der Waals surface area contributed by atoms with Crippen LogP contribution in [0.1, 0.15) is 67.5 Å². The standard InChI is InChI=1S/C42H44N2O10/c1-27(44(22-12-15-28-13-8-6-9-14-28)40(48)38(46)33(25-37(45)50-5)41(49)54-42(2,3)4)32(29-18-20-34-36(23-29)52-26-51-34)24-31-19-21-35(53-31)39(47)43-30-16-10-7-11-17-30/h6-21,23,27,32,46H,22,24-26H2,1-5H3,(H,43,47)/t27-,32+/m1/s1. The van der Waals surface area contributed by atoms with Crippen LogP contribution in [0.2, 0.25) is 0 Å². The molecule has 1 aliphatic heterocycles. The highest BCUT2D eigenvalue weighted by atomic mass is 16.7. The number of anilines is 1. The molecule has 1 aliphatic rings. The van der Waals surface area contributed by atoms with E-state index in [4.69, 9.17) is 23.4 Å². The molecular weight excluding hydrogens is 692 g/mol. The Balaban J connectivity index is 1.54. The van der Waals surface area contributed by atoms with Gasteiger partial charge in [0.05, 0.1) is 19.1 Å². The number of hydrogen-bond donors (Lipinski definition) is 2. The smallest absolute Gasteiger partial charge is 0.339 e. The first-order chi connectivity index (χ1) is 25.8. The van der Waals surface area contributed by atoms with Crippen LogP contribution in [-0.2, 0) is 30.3 Å². The number of nitrogens with zero attached hydrogens (tertiary/aromatic N) is 1. The molecule has 0 bridgehead atoms. The molecular formula is C42H44N2O10. The molecule has 12 nitrogen and oxygen atoms in total. The highest BCUT2D eigenvalue weighted by Crippen LogP contribution is 2.38. The van der Waals surface area contributed by atoms with Crippen molar-refractivity contribution < 1.29 is 47.6 Å². The van der Waals surface area contributed by atoms with Crippen molar-refractivity contribution in [2.45, 2.75) is 58.1 Å². The van der Waals surface area contributed by atoms with Crippen LogP contribution >= 0.6 is 0 Å². The predicted molar refractivity (Wildman–Crippen MR) is 201 cm³/mol. The van der Waals surface area contributed by atoms with Crippen LogP contribution in [0.15, 0.2) is 113 Å². The second kappa shape index (κ2) is 17.5. The lowest BCUT2D eigenvalue weighted by Gasteiger charge is -2.34. The third-order valence-corrected chi connectivity index (χ3v) is 8.59. The lowest BCUT2D eigenvalue weighted by atomic mass is 9.87. The fourth-order valence-corrected chi connectivity index (χ4v) is 5.84. The van der Waals surface area contributed by atoms with Crippen molar-refractivity contribution in [2.75, 3.05) is 25.8 Å². The molecule has 2 N–H and O–H groups in total. The zero-order chi connectivity index (χ0) is 38.8. The van der Waals surface area contributed by atoms with Crippen molar-refractivity contribution in [3.63, 3.8) is 0 Å². The summed E-state index contributed by atoms with van der Waals surface area (Å²) in [6.07, 6.45) is 3.10. The topological polar surface area (TPSA) is 154 Å². The van der Waals surface area contributed by atoms with Crippen LogP contribution < -0.4 is 14.8 Å². The quantitative estimate of drug-likeness (QED) is 0.0770. The van der Waals surface area contributed by atoms with E-state index in [2.05, 4.69) is 5.32 Å². The number of ether oxygens (including phenoxy) is 4. The second-order valence-corrected chi connectivity index (χ2v) is 13.6. The summed E-state index contributed by atoms with van der Waals surface area (Å²) in [6.45, 7) is 6.73. The lowest BCUT2D eigenvalue weighted by molar-refractivity contribution is -0.153. The van der Waals surface area contributed by atoms with E-state index in [9.17, 15) is 24.3 Å². The third kappa shape index (κ3) is 10.2. The molecule has 2 amide bonds. The van der Waals surface area contributed by atoms with Gasteiger partial charge in [0.2, 0.25) is 6.79 Å². The normalized spacial score (nSPS) is 13.8. The van der Waals surface area contributed by atoms with Crippen LogP contribution in [0, 0.1) is 0 Å². The van der Waals surface area contributed by atoms with E-state index in [1.165, 1.54) is 4.90 Å². The number of hydrogen-bond acceptors (Lipinski definition) is 10. The van der Waals surface area contributed by atoms with Crippen molar-refractivity contribution in [1.29, 1.82) is 0 Å². The van der Waals surface area contributed by atoms with Gasteiger partial charge in [-0.25, -0.2) is 4.79 Å². The van der Waals surface area contributed by atoms with Gasteiger partial charge in [-0.05, 0) is 75.2 Å². The number of carbonyl (C=O) groups excluding carboxylic acids is 4.